The van der Waals surface area contributed by atoms with Gasteiger partial charge in [-0.2, -0.15) is 0 Å². The third-order valence-electron chi connectivity index (χ3n) is 2.87. The Labute approximate surface area is 122 Å². The number of unbranched alkanes of at least 4 members (excludes halogenated alkanes) is 2. The van der Waals surface area contributed by atoms with Gasteiger partial charge in [-0.3, -0.25) is 4.79 Å². The minimum absolute atomic E-state index is 0.279. The van der Waals surface area contributed by atoms with Crippen LogP contribution in [-0.4, -0.2) is 24.5 Å². The SMILES string of the molecule is CCCCCOC(=O)C(C)NC(=O)c1cc(F)ccc1F. The van der Waals surface area contributed by atoms with Crippen LogP contribution in [-0.2, 0) is 9.53 Å². The fourth-order valence-corrected chi connectivity index (χ4v) is 1.65. The second-order valence-electron chi connectivity index (χ2n) is 4.69. The summed E-state index contributed by atoms with van der Waals surface area (Å²) >= 11 is 0. The molecule has 0 aromatic heterocycles. The molecule has 0 spiro atoms. The minimum atomic E-state index is -0.929. The van der Waals surface area contributed by atoms with Crippen molar-refractivity contribution in [1.82, 2.24) is 5.32 Å². The van der Waals surface area contributed by atoms with Gasteiger partial charge in [0.2, 0.25) is 0 Å². The summed E-state index contributed by atoms with van der Waals surface area (Å²) in [6.45, 7) is 3.73. The second kappa shape index (κ2) is 8.34. The van der Waals surface area contributed by atoms with Crippen molar-refractivity contribution in [2.45, 2.75) is 39.2 Å². The average molecular weight is 299 g/mol. The van der Waals surface area contributed by atoms with E-state index in [1.165, 1.54) is 6.92 Å². The summed E-state index contributed by atoms with van der Waals surface area (Å²) in [5.74, 6) is -3.03. The number of benzene rings is 1. The van der Waals surface area contributed by atoms with Crippen molar-refractivity contribution < 1.29 is 23.1 Å². The van der Waals surface area contributed by atoms with Gasteiger partial charge in [-0.25, -0.2) is 13.6 Å². The Morgan fingerprint density at radius 3 is 2.67 bits per heavy atom. The van der Waals surface area contributed by atoms with E-state index in [1.54, 1.807) is 0 Å². The molecule has 21 heavy (non-hydrogen) atoms. The molecule has 1 amide bonds. The summed E-state index contributed by atoms with van der Waals surface area (Å²) in [7, 11) is 0. The van der Waals surface area contributed by atoms with E-state index in [2.05, 4.69) is 5.32 Å². The number of esters is 1. The minimum Gasteiger partial charge on any atom is -0.464 e. The van der Waals surface area contributed by atoms with Crippen LogP contribution >= 0.6 is 0 Å². The van der Waals surface area contributed by atoms with Crippen molar-refractivity contribution in [3.05, 3.63) is 35.4 Å². The Morgan fingerprint density at radius 1 is 1.29 bits per heavy atom. The molecule has 1 unspecified atom stereocenters. The molecule has 1 aromatic rings. The number of rotatable bonds is 7. The number of halogens is 2. The Hall–Kier alpha value is -1.98. The van der Waals surface area contributed by atoms with Crippen molar-refractivity contribution >= 4 is 11.9 Å². The Morgan fingerprint density at radius 2 is 2.00 bits per heavy atom. The summed E-state index contributed by atoms with van der Waals surface area (Å²) in [4.78, 5) is 23.4. The molecule has 0 aliphatic carbocycles. The van der Waals surface area contributed by atoms with Gasteiger partial charge in [-0.15, -0.1) is 0 Å². The van der Waals surface area contributed by atoms with E-state index < -0.39 is 35.1 Å². The van der Waals surface area contributed by atoms with Crippen LogP contribution in [0.5, 0.6) is 0 Å². The molecule has 0 radical (unpaired) electrons. The molecule has 0 saturated carbocycles. The Bertz CT molecular complexity index is 506. The van der Waals surface area contributed by atoms with Gasteiger partial charge in [0.15, 0.2) is 0 Å². The van der Waals surface area contributed by atoms with E-state index in [4.69, 9.17) is 4.74 Å². The van der Waals surface area contributed by atoms with E-state index >= 15 is 0 Å². The van der Waals surface area contributed by atoms with Gasteiger partial charge in [0.25, 0.3) is 5.91 Å². The number of hydrogen-bond acceptors (Lipinski definition) is 3. The third kappa shape index (κ3) is 5.49. The summed E-state index contributed by atoms with van der Waals surface area (Å²) in [5.41, 5.74) is -0.444. The third-order valence-corrected chi connectivity index (χ3v) is 2.87. The lowest BCUT2D eigenvalue weighted by Gasteiger charge is -2.13. The van der Waals surface area contributed by atoms with E-state index in [0.717, 1.165) is 37.5 Å². The second-order valence-corrected chi connectivity index (χ2v) is 4.69. The smallest absolute Gasteiger partial charge is 0.328 e. The van der Waals surface area contributed by atoms with Crippen LogP contribution < -0.4 is 5.32 Å². The maximum Gasteiger partial charge on any atom is 0.328 e. The van der Waals surface area contributed by atoms with E-state index in [0.29, 0.717) is 0 Å². The standard InChI is InChI=1S/C15H19F2NO3/c1-3-4-5-8-21-15(20)10(2)18-14(19)12-9-11(16)6-7-13(12)17/h6-7,9-10H,3-5,8H2,1-2H3,(H,18,19). The fourth-order valence-electron chi connectivity index (χ4n) is 1.65. The van der Waals surface area contributed by atoms with E-state index in [1.807, 2.05) is 6.92 Å². The largest absolute Gasteiger partial charge is 0.464 e. The number of ether oxygens (including phenoxy) is 1. The summed E-state index contributed by atoms with van der Waals surface area (Å²) in [6, 6.07) is 1.63. The number of carbonyl (C=O) groups is 2. The molecule has 0 aliphatic rings. The van der Waals surface area contributed by atoms with Gasteiger partial charge in [0.1, 0.15) is 17.7 Å². The quantitative estimate of drug-likeness (QED) is 0.622. The molecule has 0 saturated heterocycles. The lowest BCUT2D eigenvalue weighted by atomic mass is 10.2. The molecule has 1 N–H and O–H groups in total. The first-order valence-corrected chi connectivity index (χ1v) is 6.88. The fraction of sp³-hybridized carbons (Fsp3) is 0.467. The van der Waals surface area contributed by atoms with Crippen LogP contribution in [0.2, 0.25) is 0 Å². The van der Waals surface area contributed by atoms with Gasteiger partial charge in [0.05, 0.1) is 12.2 Å². The molecule has 1 rings (SSSR count). The zero-order valence-corrected chi connectivity index (χ0v) is 12.1. The van der Waals surface area contributed by atoms with Gasteiger partial charge < -0.3 is 10.1 Å². The topological polar surface area (TPSA) is 55.4 Å². The highest BCUT2D eigenvalue weighted by atomic mass is 19.1. The molecular formula is C15H19F2NO3. The molecule has 1 aromatic carbocycles. The van der Waals surface area contributed by atoms with Crippen LogP contribution in [0.25, 0.3) is 0 Å². The molecule has 6 heteroatoms. The molecule has 4 nitrogen and oxygen atoms in total. The van der Waals surface area contributed by atoms with Crippen molar-refractivity contribution in [2.75, 3.05) is 6.61 Å². The predicted molar refractivity (Wildman–Crippen MR) is 73.8 cm³/mol. The van der Waals surface area contributed by atoms with Crippen molar-refractivity contribution in [3.63, 3.8) is 0 Å². The average Bonchev–Trinajstić information content (AvgIpc) is 2.45. The van der Waals surface area contributed by atoms with Crippen molar-refractivity contribution in [1.29, 1.82) is 0 Å². The van der Waals surface area contributed by atoms with Crippen LogP contribution in [0, 0.1) is 11.6 Å². The number of nitrogens with one attached hydrogen (secondary N) is 1. The van der Waals surface area contributed by atoms with Gasteiger partial charge in [-0.05, 0) is 31.5 Å². The number of carbonyl (C=O) groups excluding carboxylic acids is 2. The zero-order valence-electron chi connectivity index (χ0n) is 12.1. The van der Waals surface area contributed by atoms with E-state index in [-0.39, 0.29) is 6.61 Å². The Kier molecular flexibility index (Phi) is 6.78. The summed E-state index contributed by atoms with van der Waals surface area (Å²) < 4.78 is 31.4. The van der Waals surface area contributed by atoms with E-state index in [9.17, 15) is 18.4 Å². The highest BCUT2D eigenvalue weighted by Gasteiger charge is 2.20. The lowest BCUT2D eigenvalue weighted by molar-refractivity contribution is -0.145. The van der Waals surface area contributed by atoms with Gasteiger partial charge >= 0.3 is 5.97 Å². The molecule has 116 valence electrons. The lowest BCUT2D eigenvalue weighted by Crippen LogP contribution is -2.40. The first kappa shape index (κ1) is 17.1. The molecule has 0 heterocycles. The van der Waals surface area contributed by atoms with Crippen LogP contribution in [0.3, 0.4) is 0 Å². The monoisotopic (exact) mass is 299 g/mol. The van der Waals surface area contributed by atoms with Crippen LogP contribution in [0.1, 0.15) is 43.5 Å². The molecule has 0 aliphatic heterocycles. The maximum absolute atomic E-state index is 13.4. The highest BCUT2D eigenvalue weighted by molar-refractivity contribution is 5.96. The van der Waals surface area contributed by atoms with Gasteiger partial charge in [-0.1, -0.05) is 19.8 Å². The summed E-state index contributed by atoms with van der Waals surface area (Å²) in [5, 5.41) is 2.28. The van der Waals surface area contributed by atoms with Crippen LogP contribution in [0.4, 0.5) is 8.78 Å². The van der Waals surface area contributed by atoms with Crippen LogP contribution in [0.15, 0.2) is 18.2 Å². The first-order valence-electron chi connectivity index (χ1n) is 6.88. The molecule has 0 fully saturated rings. The van der Waals surface area contributed by atoms with Crippen molar-refractivity contribution in [3.8, 4) is 0 Å². The first-order chi connectivity index (χ1) is 9.95. The molecular weight excluding hydrogens is 280 g/mol. The Balaban J connectivity index is 2.53. The maximum atomic E-state index is 13.4. The highest BCUT2D eigenvalue weighted by Crippen LogP contribution is 2.10. The summed E-state index contributed by atoms with van der Waals surface area (Å²) in [6.07, 6.45) is 2.70. The number of hydrogen-bond donors (Lipinski definition) is 1. The molecule has 0 bridgehead atoms. The normalized spacial score (nSPS) is 11.8. The van der Waals surface area contributed by atoms with Crippen molar-refractivity contribution in [2.24, 2.45) is 0 Å². The zero-order chi connectivity index (χ0) is 15.8. The predicted octanol–water partition coefficient (Wildman–Crippen LogP) is 2.82. The number of amides is 1. The molecule has 1 atom stereocenters. The van der Waals surface area contributed by atoms with Gasteiger partial charge in [0, 0.05) is 0 Å².